The summed E-state index contributed by atoms with van der Waals surface area (Å²) in [5, 5.41) is 6.30. The Morgan fingerprint density at radius 3 is 2.31 bits per heavy atom. The van der Waals surface area contributed by atoms with Crippen molar-refractivity contribution in [1.29, 1.82) is 0 Å². The molecule has 1 aromatic rings. The number of amides is 2. The highest BCUT2D eigenvalue weighted by molar-refractivity contribution is 6.74. The Bertz CT molecular complexity index is 910. The average molecular weight is 524 g/mol. The summed E-state index contributed by atoms with van der Waals surface area (Å²) in [6, 6.07) is 4.60. The van der Waals surface area contributed by atoms with Crippen LogP contribution in [0.5, 0.6) is 11.5 Å². The van der Waals surface area contributed by atoms with Crippen LogP contribution in [0.3, 0.4) is 0 Å². The van der Waals surface area contributed by atoms with Crippen molar-refractivity contribution in [2.75, 3.05) is 33.9 Å². The molecule has 36 heavy (non-hydrogen) atoms. The summed E-state index contributed by atoms with van der Waals surface area (Å²) in [5.74, 6) is 1.15. The van der Waals surface area contributed by atoms with Crippen LogP contribution in [-0.2, 0) is 20.5 Å². The first kappa shape index (κ1) is 29.9. The molecular formula is C26H45N3O6Si. The number of carbonyl (C=O) groups excluding carboxylic acids is 2. The third-order valence-electron chi connectivity index (χ3n) is 6.74. The SMILES string of the molecule is COc1ccc(CN2C(=O)[C@@H](NC(=O)OC(C)(C)C)[C@H]2CNCCO[Si](C)(C)C(C)(C)C)c(OC)c1. The lowest BCUT2D eigenvalue weighted by atomic mass is 9.93. The number of rotatable bonds is 11. The first-order valence-electron chi connectivity index (χ1n) is 12.4. The number of benzene rings is 1. The van der Waals surface area contributed by atoms with Crippen molar-refractivity contribution in [3.05, 3.63) is 23.8 Å². The monoisotopic (exact) mass is 523 g/mol. The third-order valence-corrected chi connectivity index (χ3v) is 11.3. The lowest BCUT2D eigenvalue weighted by Crippen LogP contribution is -2.72. The van der Waals surface area contributed by atoms with Crippen molar-refractivity contribution >= 4 is 20.3 Å². The smallest absolute Gasteiger partial charge is 0.408 e. The number of likely N-dealkylation sites (tertiary alicyclic amines) is 1. The number of β-lactam (4-membered cyclic amide) rings is 1. The van der Waals surface area contributed by atoms with Crippen molar-refractivity contribution in [3.8, 4) is 11.5 Å². The summed E-state index contributed by atoms with van der Waals surface area (Å²) >= 11 is 0. The summed E-state index contributed by atoms with van der Waals surface area (Å²) in [6.07, 6.45) is -0.603. The molecule has 1 heterocycles. The van der Waals surface area contributed by atoms with Gasteiger partial charge in [0.05, 0.1) is 20.3 Å². The lowest BCUT2D eigenvalue weighted by Gasteiger charge is -2.47. The summed E-state index contributed by atoms with van der Waals surface area (Å²) in [7, 11) is 1.35. The molecule has 0 bridgehead atoms. The van der Waals surface area contributed by atoms with E-state index < -0.39 is 26.1 Å². The highest BCUT2D eigenvalue weighted by atomic mass is 28.4. The molecule has 0 unspecified atom stereocenters. The molecule has 1 fully saturated rings. The van der Waals surface area contributed by atoms with E-state index in [0.29, 0.717) is 37.7 Å². The van der Waals surface area contributed by atoms with E-state index in [1.807, 2.05) is 12.1 Å². The fraction of sp³-hybridized carbons (Fsp3) is 0.692. The number of methoxy groups -OCH3 is 2. The topological polar surface area (TPSA) is 98.4 Å². The Morgan fingerprint density at radius 2 is 1.75 bits per heavy atom. The molecular weight excluding hydrogens is 478 g/mol. The second-order valence-corrected chi connectivity index (χ2v) is 16.5. The van der Waals surface area contributed by atoms with Gasteiger partial charge in [0.15, 0.2) is 8.32 Å². The molecule has 204 valence electrons. The normalized spacial score (nSPS) is 18.5. The van der Waals surface area contributed by atoms with Crippen LogP contribution >= 0.6 is 0 Å². The molecule has 0 aromatic heterocycles. The van der Waals surface area contributed by atoms with Gasteiger partial charge in [0.1, 0.15) is 23.1 Å². The zero-order valence-electron chi connectivity index (χ0n) is 23.6. The van der Waals surface area contributed by atoms with Gasteiger partial charge in [0.2, 0.25) is 5.91 Å². The van der Waals surface area contributed by atoms with Crippen molar-refractivity contribution in [2.24, 2.45) is 0 Å². The van der Waals surface area contributed by atoms with Gasteiger partial charge in [-0.3, -0.25) is 4.79 Å². The maximum Gasteiger partial charge on any atom is 0.408 e. The third kappa shape index (κ3) is 7.85. The quantitative estimate of drug-likeness (QED) is 0.258. The van der Waals surface area contributed by atoms with Crippen LogP contribution in [0.4, 0.5) is 4.79 Å². The fourth-order valence-corrected chi connectivity index (χ4v) is 4.68. The summed E-state index contributed by atoms with van der Waals surface area (Å²) in [4.78, 5) is 27.2. The van der Waals surface area contributed by atoms with Crippen molar-refractivity contribution in [3.63, 3.8) is 0 Å². The Balaban J connectivity index is 2.07. The Kier molecular flexibility index (Phi) is 9.83. The van der Waals surface area contributed by atoms with E-state index in [0.717, 1.165) is 5.56 Å². The lowest BCUT2D eigenvalue weighted by molar-refractivity contribution is -0.152. The minimum absolute atomic E-state index is 0.143. The second kappa shape index (κ2) is 11.8. The highest BCUT2D eigenvalue weighted by Gasteiger charge is 2.48. The molecule has 9 nitrogen and oxygen atoms in total. The number of ether oxygens (including phenoxy) is 3. The van der Waals surface area contributed by atoms with Gasteiger partial charge >= 0.3 is 6.09 Å². The number of nitrogens with one attached hydrogen (secondary N) is 2. The molecule has 2 rings (SSSR count). The zero-order valence-corrected chi connectivity index (χ0v) is 24.6. The first-order valence-corrected chi connectivity index (χ1v) is 15.4. The minimum Gasteiger partial charge on any atom is -0.497 e. The fourth-order valence-electron chi connectivity index (χ4n) is 3.63. The molecule has 1 saturated heterocycles. The van der Waals surface area contributed by atoms with Crippen LogP contribution in [0.1, 0.15) is 47.1 Å². The molecule has 2 amide bonds. The number of hydrogen-bond acceptors (Lipinski definition) is 7. The standard InChI is InChI=1S/C26H45N3O6Si/c1-25(2,3)35-24(31)28-22-20(16-27-13-14-34-36(9,10)26(4,5)6)29(23(22)30)17-18-11-12-19(32-7)15-21(18)33-8/h11-12,15,20,22,27H,13-14,16-17H2,1-10H3,(H,28,31)/t20-,22+/m1/s1. The van der Waals surface area contributed by atoms with E-state index in [-0.39, 0.29) is 17.0 Å². The molecule has 2 atom stereocenters. The Hall–Kier alpha value is -2.30. The van der Waals surface area contributed by atoms with E-state index in [1.165, 1.54) is 0 Å². The van der Waals surface area contributed by atoms with Crippen LogP contribution in [0.2, 0.25) is 18.1 Å². The van der Waals surface area contributed by atoms with Crippen LogP contribution in [0, 0.1) is 0 Å². The molecule has 1 aliphatic rings. The Labute approximate surface area is 217 Å². The molecule has 0 spiro atoms. The van der Waals surface area contributed by atoms with Crippen molar-refractivity contribution in [1.82, 2.24) is 15.5 Å². The van der Waals surface area contributed by atoms with E-state index in [2.05, 4.69) is 44.5 Å². The molecule has 1 aromatic carbocycles. The van der Waals surface area contributed by atoms with Gasteiger partial charge < -0.3 is 34.2 Å². The molecule has 2 N–H and O–H groups in total. The number of carbonyl (C=O) groups is 2. The van der Waals surface area contributed by atoms with Crippen LogP contribution in [0.25, 0.3) is 0 Å². The van der Waals surface area contributed by atoms with Gasteiger partial charge in [0.25, 0.3) is 0 Å². The van der Waals surface area contributed by atoms with E-state index in [1.54, 1.807) is 46.0 Å². The van der Waals surface area contributed by atoms with Crippen LogP contribution in [0.15, 0.2) is 18.2 Å². The maximum atomic E-state index is 13.1. The summed E-state index contributed by atoms with van der Waals surface area (Å²) in [5.41, 5.74) is 0.204. The molecule has 1 aliphatic heterocycles. The van der Waals surface area contributed by atoms with Crippen LogP contribution in [-0.4, -0.2) is 76.8 Å². The largest absolute Gasteiger partial charge is 0.497 e. The van der Waals surface area contributed by atoms with E-state index in [4.69, 9.17) is 18.6 Å². The van der Waals surface area contributed by atoms with Gasteiger partial charge in [0, 0.05) is 37.9 Å². The average Bonchev–Trinajstić information content (AvgIpc) is 2.77. The number of nitrogens with zero attached hydrogens (tertiary/aromatic N) is 1. The van der Waals surface area contributed by atoms with E-state index in [9.17, 15) is 9.59 Å². The molecule has 0 aliphatic carbocycles. The number of hydrogen-bond donors (Lipinski definition) is 2. The minimum atomic E-state index is -1.83. The van der Waals surface area contributed by atoms with Gasteiger partial charge in [-0.25, -0.2) is 4.79 Å². The molecule has 0 radical (unpaired) electrons. The highest BCUT2D eigenvalue weighted by Crippen LogP contribution is 2.36. The predicted octanol–water partition coefficient (Wildman–Crippen LogP) is 3.92. The van der Waals surface area contributed by atoms with E-state index >= 15 is 0 Å². The molecule has 0 saturated carbocycles. The number of alkyl carbamates (subject to hydrolysis) is 1. The van der Waals surface area contributed by atoms with Gasteiger partial charge in [-0.15, -0.1) is 0 Å². The van der Waals surface area contributed by atoms with Gasteiger partial charge in [-0.1, -0.05) is 20.8 Å². The van der Waals surface area contributed by atoms with Gasteiger partial charge in [-0.2, -0.15) is 0 Å². The zero-order chi connectivity index (χ0) is 27.3. The van der Waals surface area contributed by atoms with Crippen LogP contribution < -0.4 is 20.1 Å². The summed E-state index contributed by atoms with van der Waals surface area (Å²) in [6.45, 7) is 18.6. The van der Waals surface area contributed by atoms with Gasteiger partial charge in [-0.05, 0) is 51.0 Å². The van der Waals surface area contributed by atoms with Crippen molar-refractivity contribution < 1.29 is 28.2 Å². The second-order valence-electron chi connectivity index (χ2n) is 11.6. The maximum absolute atomic E-state index is 13.1. The summed E-state index contributed by atoms with van der Waals surface area (Å²) < 4.78 is 22.4. The first-order chi connectivity index (χ1) is 16.6. The Morgan fingerprint density at radius 1 is 1.08 bits per heavy atom. The van der Waals surface area contributed by atoms with Crippen molar-refractivity contribution in [2.45, 2.75) is 83.9 Å². The predicted molar refractivity (Wildman–Crippen MR) is 143 cm³/mol. The molecule has 10 heteroatoms.